The van der Waals surface area contributed by atoms with Crippen molar-refractivity contribution in [2.24, 2.45) is 5.73 Å². The van der Waals surface area contributed by atoms with E-state index in [4.69, 9.17) is 19.9 Å². The maximum Gasteiger partial charge on any atom is 0.168 e. The first kappa shape index (κ1) is 16.0. The van der Waals surface area contributed by atoms with Crippen molar-refractivity contribution in [3.8, 4) is 11.5 Å². The van der Waals surface area contributed by atoms with Gasteiger partial charge in [0.15, 0.2) is 11.5 Å². The maximum absolute atomic E-state index is 5.96. The standard InChI is InChI=1S/C14H17NO3.C2H6/c1-3-16-10(2)12(15)9-11-5-4-6-13-14(11)18-8-7-17-13;1-2/h3-6,9-10H,1,7-8,15H2,2H3;1-2H3/b12-9-;. The Morgan fingerprint density at radius 3 is 2.75 bits per heavy atom. The summed E-state index contributed by atoms with van der Waals surface area (Å²) in [4.78, 5) is 0. The van der Waals surface area contributed by atoms with Crippen molar-refractivity contribution in [1.82, 2.24) is 0 Å². The zero-order valence-corrected chi connectivity index (χ0v) is 12.4. The second-order valence-corrected chi connectivity index (χ2v) is 3.96. The lowest BCUT2D eigenvalue weighted by Gasteiger charge is -2.20. The van der Waals surface area contributed by atoms with E-state index in [9.17, 15) is 0 Å². The molecule has 0 radical (unpaired) electrons. The van der Waals surface area contributed by atoms with Crippen LogP contribution in [0.15, 0.2) is 36.7 Å². The molecule has 4 heteroatoms. The number of fused-ring (bicyclic) bond motifs is 1. The number of rotatable bonds is 4. The highest BCUT2D eigenvalue weighted by atomic mass is 16.6. The molecule has 0 spiro atoms. The van der Waals surface area contributed by atoms with Crippen LogP contribution in [0.1, 0.15) is 26.3 Å². The van der Waals surface area contributed by atoms with E-state index in [2.05, 4.69) is 6.58 Å². The van der Waals surface area contributed by atoms with Gasteiger partial charge in [0.2, 0.25) is 0 Å². The van der Waals surface area contributed by atoms with E-state index in [0.29, 0.717) is 18.9 Å². The smallest absolute Gasteiger partial charge is 0.168 e. The highest BCUT2D eigenvalue weighted by Crippen LogP contribution is 2.34. The summed E-state index contributed by atoms with van der Waals surface area (Å²) in [5.74, 6) is 1.48. The van der Waals surface area contributed by atoms with Crippen LogP contribution < -0.4 is 15.2 Å². The third-order valence-electron chi connectivity index (χ3n) is 2.69. The lowest BCUT2D eigenvalue weighted by atomic mass is 10.1. The van der Waals surface area contributed by atoms with Gasteiger partial charge in [-0.05, 0) is 19.1 Å². The van der Waals surface area contributed by atoms with Crippen molar-refractivity contribution in [2.45, 2.75) is 26.9 Å². The van der Waals surface area contributed by atoms with Crippen LogP contribution in [0.5, 0.6) is 11.5 Å². The quantitative estimate of drug-likeness (QED) is 0.858. The highest BCUT2D eigenvalue weighted by Gasteiger charge is 2.15. The molecule has 0 amide bonds. The van der Waals surface area contributed by atoms with Crippen molar-refractivity contribution in [3.63, 3.8) is 0 Å². The van der Waals surface area contributed by atoms with E-state index in [0.717, 1.165) is 17.1 Å². The highest BCUT2D eigenvalue weighted by molar-refractivity contribution is 5.64. The number of hydrogen-bond donors (Lipinski definition) is 1. The van der Waals surface area contributed by atoms with Crippen molar-refractivity contribution < 1.29 is 14.2 Å². The Morgan fingerprint density at radius 1 is 1.35 bits per heavy atom. The van der Waals surface area contributed by atoms with E-state index in [1.54, 1.807) is 0 Å². The minimum atomic E-state index is -0.220. The van der Waals surface area contributed by atoms with Crippen LogP contribution in [-0.2, 0) is 4.74 Å². The second kappa shape index (κ2) is 8.15. The molecule has 1 aromatic carbocycles. The molecule has 4 nitrogen and oxygen atoms in total. The van der Waals surface area contributed by atoms with Crippen molar-refractivity contribution in [3.05, 3.63) is 42.3 Å². The van der Waals surface area contributed by atoms with E-state index < -0.39 is 0 Å². The molecule has 110 valence electrons. The molecular weight excluding hydrogens is 254 g/mol. The van der Waals surface area contributed by atoms with Crippen LogP contribution in [0.2, 0.25) is 0 Å². The fourth-order valence-corrected chi connectivity index (χ4v) is 1.73. The summed E-state index contributed by atoms with van der Waals surface area (Å²) in [5, 5.41) is 0. The van der Waals surface area contributed by atoms with Gasteiger partial charge < -0.3 is 19.9 Å². The molecule has 1 atom stereocenters. The molecule has 2 N–H and O–H groups in total. The Kier molecular flexibility index (Phi) is 6.50. The average molecular weight is 277 g/mol. The maximum atomic E-state index is 5.96. The Balaban J connectivity index is 0.000000956. The molecule has 0 saturated heterocycles. The summed E-state index contributed by atoms with van der Waals surface area (Å²) in [6.45, 7) is 10.5. The van der Waals surface area contributed by atoms with Crippen LogP contribution in [0.4, 0.5) is 0 Å². The van der Waals surface area contributed by atoms with Crippen molar-refractivity contribution in [2.75, 3.05) is 13.2 Å². The lowest BCUT2D eigenvalue weighted by Crippen LogP contribution is -2.17. The summed E-state index contributed by atoms with van der Waals surface area (Å²) in [6.07, 6.45) is 3.00. The number of hydrogen-bond acceptors (Lipinski definition) is 4. The van der Waals surface area contributed by atoms with E-state index in [1.807, 2.05) is 45.0 Å². The predicted octanol–water partition coefficient (Wildman–Crippen LogP) is 3.33. The molecule has 0 aromatic heterocycles. The van der Waals surface area contributed by atoms with Gasteiger partial charge in [0, 0.05) is 11.3 Å². The Hall–Kier alpha value is -2.10. The minimum Gasteiger partial charge on any atom is -0.493 e. The largest absolute Gasteiger partial charge is 0.493 e. The number of para-hydroxylation sites is 1. The first-order chi connectivity index (χ1) is 9.72. The summed E-state index contributed by atoms with van der Waals surface area (Å²) in [6, 6.07) is 5.72. The average Bonchev–Trinajstić information content (AvgIpc) is 2.50. The molecule has 2 rings (SSSR count). The molecule has 0 saturated carbocycles. The van der Waals surface area contributed by atoms with E-state index in [-0.39, 0.29) is 6.10 Å². The van der Waals surface area contributed by atoms with E-state index >= 15 is 0 Å². The molecule has 20 heavy (non-hydrogen) atoms. The number of nitrogens with two attached hydrogens (primary N) is 1. The summed E-state index contributed by atoms with van der Waals surface area (Å²) >= 11 is 0. The van der Waals surface area contributed by atoms with Gasteiger partial charge in [-0.3, -0.25) is 0 Å². The van der Waals surface area contributed by atoms with Crippen molar-refractivity contribution in [1.29, 1.82) is 0 Å². The molecule has 1 aliphatic heterocycles. The molecule has 1 unspecified atom stereocenters. The molecule has 0 fully saturated rings. The number of benzene rings is 1. The van der Waals surface area contributed by atoms with Crippen LogP contribution in [0, 0.1) is 0 Å². The molecule has 1 heterocycles. The van der Waals surface area contributed by atoms with Crippen LogP contribution in [0.3, 0.4) is 0 Å². The zero-order valence-electron chi connectivity index (χ0n) is 12.4. The molecule has 0 aliphatic carbocycles. The first-order valence-electron chi connectivity index (χ1n) is 6.84. The lowest BCUT2D eigenvalue weighted by molar-refractivity contribution is 0.171. The van der Waals surface area contributed by atoms with Crippen LogP contribution in [-0.4, -0.2) is 19.3 Å². The van der Waals surface area contributed by atoms with Gasteiger partial charge >= 0.3 is 0 Å². The zero-order chi connectivity index (χ0) is 15.0. The Morgan fingerprint density at radius 2 is 2.05 bits per heavy atom. The fourth-order valence-electron chi connectivity index (χ4n) is 1.73. The van der Waals surface area contributed by atoms with Gasteiger partial charge in [-0.15, -0.1) is 0 Å². The Bertz CT molecular complexity index is 469. The summed E-state index contributed by atoms with van der Waals surface area (Å²) in [5.41, 5.74) is 7.46. The third kappa shape index (κ3) is 3.95. The van der Waals surface area contributed by atoms with Gasteiger partial charge in [-0.1, -0.05) is 32.6 Å². The first-order valence-corrected chi connectivity index (χ1v) is 6.84. The molecule has 1 aromatic rings. The van der Waals surface area contributed by atoms with Gasteiger partial charge in [-0.2, -0.15) is 0 Å². The monoisotopic (exact) mass is 277 g/mol. The molecule has 1 aliphatic rings. The van der Waals surface area contributed by atoms with Gasteiger partial charge in [0.05, 0.1) is 6.26 Å². The normalized spacial score (nSPS) is 14.7. The van der Waals surface area contributed by atoms with Crippen LogP contribution >= 0.6 is 0 Å². The van der Waals surface area contributed by atoms with Gasteiger partial charge in [0.1, 0.15) is 19.3 Å². The minimum absolute atomic E-state index is 0.220. The molecular formula is C16H23NO3. The van der Waals surface area contributed by atoms with Gasteiger partial charge in [-0.25, -0.2) is 0 Å². The summed E-state index contributed by atoms with van der Waals surface area (Å²) in [7, 11) is 0. The SMILES string of the molecule is C=COC(C)/C(N)=C/c1cccc2c1OCCO2.CC. The van der Waals surface area contributed by atoms with E-state index in [1.165, 1.54) is 6.26 Å². The summed E-state index contributed by atoms with van der Waals surface area (Å²) < 4.78 is 16.3. The topological polar surface area (TPSA) is 53.7 Å². The third-order valence-corrected chi connectivity index (χ3v) is 2.69. The van der Waals surface area contributed by atoms with Gasteiger partial charge in [0.25, 0.3) is 0 Å². The second-order valence-electron chi connectivity index (χ2n) is 3.96. The Labute approximate surface area is 120 Å². The van der Waals surface area contributed by atoms with Crippen molar-refractivity contribution >= 4 is 6.08 Å². The van der Waals surface area contributed by atoms with Crippen LogP contribution in [0.25, 0.3) is 6.08 Å². The number of ether oxygens (including phenoxy) is 3. The fraction of sp³-hybridized carbons (Fsp3) is 0.375. The predicted molar refractivity (Wildman–Crippen MR) is 81.7 cm³/mol. The molecule has 0 bridgehead atoms.